The molecule has 0 heterocycles. The van der Waals surface area contributed by atoms with Crippen molar-refractivity contribution in [3.63, 3.8) is 0 Å². The Balaban J connectivity index is 0.000000336. The van der Waals surface area contributed by atoms with Gasteiger partial charge in [-0.3, -0.25) is 10.8 Å². The number of rotatable bonds is 3. The molecular weight excluding hydrogens is 416 g/mol. The maximum Gasteiger partial charge on any atom is 0.0810 e. The number of nitrogen functional groups attached to an aromatic ring is 1. The van der Waals surface area contributed by atoms with Crippen molar-refractivity contribution < 1.29 is 0 Å². The van der Waals surface area contributed by atoms with Crippen LogP contribution in [0.2, 0.25) is 0 Å². The smallest absolute Gasteiger partial charge is 0.0810 e. The fourth-order valence-corrected chi connectivity index (χ4v) is 3.87. The average Bonchev–Trinajstić information content (AvgIpc) is 2.85. The highest BCUT2D eigenvalue weighted by atomic mass is 15.1. The van der Waals surface area contributed by atoms with E-state index in [4.69, 9.17) is 16.6 Å². The van der Waals surface area contributed by atoms with E-state index < -0.39 is 0 Å². The number of nitrogens with two attached hydrogens (primary N) is 1. The maximum absolute atomic E-state index is 8.10. The number of anilines is 3. The Labute approximate surface area is 200 Å². The van der Waals surface area contributed by atoms with Crippen LogP contribution in [0.1, 0.15) is 11.1 Å². The third kappa shape index (κ3) is 4.97. The summed E-state index contributed by atoms with van der Waals surface area (Å²) in [5.41, 5.74) is 12.1. The third-order valence-corrected chi connectivity index (χ3v) is 5.71. The molecule has 0 aliphatic heterocycles. The van der Waals surface area contributed by atoms with E-state index in [1.807, 2.05) is 36.4 Å². The minimum atomic E-state index is 0.223. The van der Waals surface area contributed by atoms with Crippen molar-refractivity contribution in [2.45, 2.75) is 13.8 Å². The first-order valence-corrected chi connectivity index (χ1v) is 11.2. The number of hydrogen-bond donors (Lipinski definition) is 3. The second-order valence-corrected chi connectivity index (χ2v) is 8.26. The van der Waals surface area contributed by atoms with Gasteiger partial charge in [0.1, 0.15) is 0 Å². The zero-order chi connectivity index (χ0) is 24.1. The third-order valence-electron chi connectivity index (χ3n) is 5.71. The minimum Gasteiger partial charge on any atom is -0.399 e. The summed E-state index contributed by atoms with van der Waals surface area (Å²) in [7, 11) is 0. The zero-order valence-corrected chi connectivity index (χ0v) is 19.4. The molecule has 5 rings (SSSR count). The Kier molecular flexibility index (Phi) is 6.69. The Morgan fingerprint density at radius 3 is 1.91 bits per heavy atom. The van der Waals surface area contributed by atoms with Gasteiger partial charge in [0.2, 0.25) is 0 Å². The first-order valence-electron chi connectivity index (χ1n) is 11.2. The number of hydrogen-bond acceptors (Lipinski definition) is 4. The predicted octanol–water partition coefficient (Wildman–Crippen LogP) is 7.36. The van der Waals surface area contributed by atoms with Crippen molar-refractivity contribution in [3.05, 3.63) is 126 Å². The topological polar surface area (TPSA) is 77.0 Å². The molecule has 4 nitrogen and oxygen atoms in total. The summed E-state index contributed by atoms with van der Waals surface area (Å²) >= 11 is 0. The molecule has 0 amide bonds. The van der Waals surface area contributed by atoms with Crippen LogP contribution in [0.15, 0.2) is 115 Å². The van der Waals surface area contributed by atoms with Gasteiger partial charge in [-0.05, 0) is 73.4 Å². The van der Waals surface area contributed by atoms with Crippen molar-refractivity contribution in [2.75, 3.05) is 10.6 Å². The predicted molar refractivity (Wildman–Crippen MR) is 146 cm³/mol. The number of nitrogens with one attached hydrogen (secondary N) is 2. The summed E-state index contributed by atoms with van der Waals surface area (Å²) in [4.78, 5) is 2.17. The Morgan fingerprint density at radius 1 is 0.647 bits per heavy atom. The highest BCUT2D eigenvalue weighted by molar-refractivity contribution is 6.49. The molecule has 0 saturated carbocycles. The summed E-state index contributed by atoms with van der Waals surface area (Å²) < 4.78 is 0. The number of aryl methyl sites for hydroxylation is 2. The van der Waals surface area contributed by atoms with Crippen LogP contribution in [0, 0.1) is 24.7 Å². The standard InChI is InChI=1S/C24H21N3.C6H7N/c1-16-7-10-18(11-8-16)27(19-12-13-22(25)23(26)15-19)24-14-9-17(2)20-5-3-4-6-21(20)24;7-6-4-2-1-3-5-6/h3-15,25-26H,1-2H3;1-5H,7H2. The van der Waals surface area contributed by atoms with Crippen molar-refractivity contribution in [3.8, 4) is 0 Å². The highest BCUT2D eigenvalue weighted by Gasteiger charge is 2.19. The van der Waals surface area contributed by atoms with E-state index in [1.54, 1.807) is 12.2 Å². The Hall–Kier alpha value is -4.44. The first-order chi connectivity index (χ1) is 16.4. The van der Waals surface area contributed by atoms with Crippen molar-refractivity contribution >= 4 is 39.3 Å². The van der Waals surface area contributed by atoms with E-state index in [0.717, 1.165) is 22.8 Å². The van der Waals surface area contributed by atoms with Gasteiger partial charge in [0.05, 0.1) is 17.1 Å². The second-order valence-electron chi connectivity index (χ2n) is 8.26. The molecule has 4 N–H and O–H groups in total. The van der Waals surface area contributed by atoms with Crippen LogP contribution in [-0.2, 0) is 0 Å². The maximum atomic E-state index is 8.10. The number of fused-ring (bicyclic) bond motifs is 1. The van der Waals surface area contributed by atoms with Crippen LogP contribution in [0.3, 0.4) is 0 Å². The molecule has 0 radical (unpaired) electrons. The summed E-state index contributed by atoms with van der Waals surface area (Å²) in [6, 6.07) is 30.6. The summed E-state index contributed by atoms with van der Waals surface area (Å²) in [5.74, 6) is 0. The number of benzene rings is 4. The number of nitrogens with zero attached hydrogens (tertiary/aromatic N) is 1. The van der Waals surface area contributed by atoms with Crippen molar-refractivity contribution in [2.24, 2.45) is 0 Å². The van der Waals surface area contributed by atoms with Gasteiger partial charge in [-0.1, -0.05) is 66.2 Å². The molecule has 4 heteroatoms. The number of allylic oxidation sites excluding steroid dienone is 3. The van der Waals surface area contributed by atoms with Crippen LogP contribution < -0.4 is 10.6 Å². The molecule has 4 aromatic rings. The lowest BCUT2D eigenvalue weighted by atomic mass is 10.0. The van der Waals surface area contributed by atoms with Gasteiger partial charge in [-0.2, -0.15) is 0 Å². The van der Waals surface area contributed by atoms with Gasteiger partial charge in [-0.15, -0.1) is 0 Å². The van der Waals surface area contributed by atoms with Crippen molar-refractivity contribution in [1.29, 1.82) is 10.8 Å². The molecule has 1 aliphatic rings. The normalized spacial score (nSPS) is 12.7. The Morgan fingerprint density at radius 2 is 1.29 bits per heavy atom. The van der Waals surface area contributed by atoms with Crippen LogP contribution >= 0.6 is 0 Å². The molecule has 0 atom stereocenters. The van der Waals surface area contributed by atoms with E-state index in [0.29, 0.717) is 0 Å². The van der Waals surface area contributed by atoms with Gasteiger partial charge in [0, 0.05) is 22.5 Å². The van der Waals surface area contributed by atoms with Crippen LogP contribution in [0.5, 0.6) is 0 Å². The van der Waals surface area contributed by atoms with Crippen LogP contribution in [0.4, 0.5) is 17.1 Å². The molecule has 0 aromatic heterocycles. The lowest BCUT2D eigenvalue weighted by Crippen LogP contribution is -2.21. The van der Waals surface area contributed by atoms with E-state index >= 15 is 0 Å². The molecule has 0 saturated heterocycles. The van der Waals surface area contributed by atoms with Crippen LogP contribution in [-0.4, -0.2) is 11.4 Å². The summed E-state index contributed by atoms with van der Waals surface area (Å²) in [5, 5.41) is 18.3. The van der Waals surface area contributed by atoms with Gasteiger partial charge < -0.3 is 10.6 Å². The zero-order valence-electron chi connectivity index (χ0n) is 19.4. The summed E-state index contributed by atoms with van der Waals surface area (Å²) in [6.45, 7) is 4.20. The molecule has 168 valence electrons. The lowest BCUT2D eigenvalue weighted by Gasteiger charge is -2.29. The van der Waals surface area contributed by atoms with Gasteiger partial charge in [-0.25, -0.2) is 0 Å². The second kappa shape index (κ2) is 10.0. The van der Waals surface area contributed by atoms with E-state index in [2.05, 4.69) is 79.4 Å². The quantitative estimate of drug-likeness (QED) is 0.228. The lowest BCUT2D eigenvalue weighted by molar-refractivity contribution is 1.21. The molecule has 1 aliphatic carbocycles. The largest absolute Gasteiger partial charge is 0.399 e. The monoisotopic (exact) mass is 444 g/mol. The molecular formula is C30H28N4. The first kappa shape index (κ1) is 22.7. The molecule has 0 unspecified atom stereocenters. The SMILES string of the molecule is Cc1ccc(N(C2=CC(=N)C(=N)C=C2)c2ccc(C)c3ccccc23)cc1.Nc1ccccc1. The van der Waals surface area contributed by atoms with Crippen molar-refractivity contribution in [1.82, 2.24) is 0 Å². The molecule has 0 bridgehead atoms. The fraction of sp³-hybridized carbons (Fsp3) is 0.0667. The van der Waals surface area contributed by atoms with Crippen LogP contribution in [0.25, 0.3) is 10.8 Å². The fourth-order valence-electron chi connectivity index (χ4n) is 3.87. The number of para-hydroxylation sites is 1. The van der Waals surface area contributed by atoms with E-state index in [1.165, 1.54) is 21.9 Å². The van der Waals surface area contributed by atoms with E-state index in [9.17, 15) is 0 Å². The van der Waals surface area contributed by atoms with Gasteiger partial charge in [0.25, 0.3) is 0 Å². The van der Waals surface area contributed by atoms with E-state index in [-0.39, 0.29) is 11.4 Å². The molecule has 0 spiro atoms. The highest BCUT2D eigenvalue weighted by Crippen LogP contribution is 2.37. The molecule has 4 aromatic carbocycles. The molecule has 34 heavy (non-hydrogen) atoms. The van der Waals surface area contributed by atoms with Gasteiger partial charge in [0.15, 0.2) is 0 Å². The minimum absolute atomic E-state index is 0.223. The molecule has 0 fully saturated rings. The summed E-state index contributed by atoms with van der Waals surface area (Å²) in [6.07, 6.45) is 5.36. The van der Waals surface area contributed by atoms with Gasteiger partial charge >= 0.3 is 0 Å². The average molecular weight is 445 g/mol. The Bertz CT molecular complexity index is 1400.